The van der Waals surface area contributed by atoms with Crippen LogP contribution in [0.1, 0.15) is 33.6 Å². The third-order valence-corrected chi connectivity index (χ3v) is 3.26. The van der Waals surface area contributed by atoms with Crippen molar-refractivity contribution < 1.29 is 4.84 Å². The molecule has 0 aromatic carbocycles. The SMILES string of the molecule is CC(C)C1C(Cl)=CON1C1(C)CC1. The largest absolute Gasteiger partial charge is 0.411 e. The molecule has 0 bridgehead atoms. The molecule has 0 aromatic rings. The summed E-state index contributed by atoms with van der Waals surface area (Å²) in [7, 11) is 0. The second-order valence-electron chi connectivity index (χ2n) is 4.62. The molecule has 1 aliphatic carbocycles. The van der Waals surface area contributed by atoms with Gasteiger partial charge in [0.25, 0.3) is 0 Å². The molecule has 0 aromatic heterocycles. The van der Waals surface area contributed by atoms with Crippen LogP contribution in [-0.2, 0) is 4.84 Å². The molecule has 1 atom stereocenters. The van der Waals surface area contributed by atoms with Gasteiger partial charge in [-0.3, -0.25) is 0 Å². The van der Waals surface area contributed by atoms with Crippen molar-refractivity contribution in [3.63, 3.8) is 0 Å². The van der Waals surface area contributed by atoms with Gasteiger partial charge in [-0.15, -0.1) is 5.06 Å². The summed E-state index contributed by atoms with van der Waals surface area (Å²) in [5.74, 6) is 0.503. The average molecular weight is 202 g/mol. The maximum absolute atomic E-state index is 6.10. The third kappa shape index (κ3) is 1.46. The molecule has 1 heterocycles. The molecule has 2 nitrogen and oxygen atoms in total. The van der Waals surface area contributed by atoms with Gasteiger partial charge >= 0.3 is 0 Å². The molecular weight excluding hydrogens is 186 g/mol. The Kier molecular flexibility index (Phi) is 2.08. The third-order valence-electron chi connectivity index (χ3n) is 2.95. The smallest absolute Gasteiger partial charge is 0.127 e. The van der Waals surface area contributed by atoms with E-state index < -0.39 is 0 Å². The van der Waals surface area contributed by atoms with Crippen LogP contribution in [0.15, 0.2) is 11.3 Å². The molecule has 2 rings (SSSR count). The molecule has 3 heteroatoms. The predicted molar refractivity (Wildman–Crippen MR) is 53.1 cm³/mol. The molecule has 0 saturated heterocycles. The Hall–Kier alpha value is -0.210. The zero-order valence-electron chi connectivity index (χ0n) is 8.38. The van der Waals surface area contributed by atoms with Crippen LogP contribution < -0.4 is 0 Å². The Labute approximate surface area is 84.5 Å². The minimum atomic E-state index is 0.238. The lowest BCUT2D eigenvalue weighted by atomic mass is 10.0. The van der Waals surface area contributed by atoms with Gasteiger partial charge in [-0.2, -0.15) is 0 Å². The normalized spacial score (nSPS) is 31.8. The first-order valence-electron chi connectivity index (χ1n) is 4.86. The van der Waals surface area contributed by atoms with Gasteiger partial charge in [0.1, 0.15) is 6.26 Å². The minimum absolute atomic E-state index is 0.238. The summed E-state index contributed by atoms with van der Waals surface area (Å²) in [6.07, 6.45) is 4.11. The highest BCUT2D eigenvalue weighted by atomic mass is 35.5. The van der Waals surface area contributed by atoms with E-state index in [4.69, 9.17) is 16.4 Å². The van der Waals surface area contributed by atoms with Gasteiger partial charge in [0.15, 0.2) is 0 Å². The first-order valence-corrected chi connectivity index (χ1v) is 5.24. The average Bonchev–Trinajstić information content (AvgIpc) is 2.63. The fourth-order valence-electron chi connectivity index (χ4n) is 1.81. The lowest BCUT2D eigenvalue weighted by Crippen LogP contribution is -2.42. The molecule has 1 saturated carbocycles. The van der Waals surface area contributed by atoms with Crippen molar-refractivity contribution in [2.45, 2.75) is 45.2 Å². The summed E-state index contributed by atoms with van der Waals surface area (Å²) in [5.41, 5.74) is 0.238. The van der Waals surface area contributed by atoms with Crippen molar-refractivity contribution in [3.05, 3.63) is 11.3 Å². The van der Waals surface area contributed by atoms with E-state index in [2.05, 4.69) is 25.8 Å². The van der Waals surface area contributed by atoms with Crippen molar-refractivity contribution in [3.8, 4) is 0 Å². The van der Waals surface area contributed by atoms with Crippen LogP contribution in [0.25, 0.3) is 0 Å². The van der Waals surface area contributed by atoms with Gasteiger partial charge in [-0.25, -0.2) is 0 Å². The molecule has 13 heavy (non-hydrogen) atoms. The van der Waals surface area contributed by atoms with Crippen LogP contribution in [0.2, 0.25) is 0 Å². The molecule has 0 spiro atoms. The molecular formula is C10H16ClNO. The van der Waals surface area contributed by atoms with E-state index in [0.717, 1.165) is 5.03 Å². The van der Waals surface area contributed by atoms with E-state index >= 15 is 0 Å². The molecule has 0 radical (unpaired) electrons. The lowest BCUT2D eigenvalue weighted by molar-refractivity contribution is -0.152. The Morgan fingerprint density at radius 3 is 2.69 bits per heavy atom. The van der Waals surface area contributed by atoms with E-state index in [1.165, 1.54) is 12.8 Å². The van der Waals surface area contributed by atoms with E-state index in [0.29, 0.717) is 5.92 Å². The number of hydrogen-bond donors (Lipinski definition) is 0. The molecule has 0 N–H and O–H groups in total. The Morgan fingerprint density at radius 1 is 1.62 bits per heavy atom. The highest BCUT2D eigenvalue weighted by molar-refractivity contribution is 6.30. The monoisotopic (exact) mass is 201 g/mol. The van der Waals surface area contributed by atoms with Gasteiger partial charge < -0.3 is 4.84 Å². The van der Waals surface area contributed by atoms with Crippen molar-refractivity contribution >= 4 is 11.6 Å². The number of hydroxylamine groups is 2. The van der Waals surface area contributed by atoms with E-state index in [1.807, 2.05) is 0 Å². The van der Waals surface area contributed by atoms with Crippen LogP contribution in [-0.4, -0.2) is 16.6 Å². The van der Waals surface area contributed by atoms with Gasteiger partial charge in [-0.05, 0) is 25.7 Å². The van der Waals surface area contributed by atoms with Crippen LogP contribution in [0.5, 0.6) is 0 Å². The summed E-state index contributed by atoms with van der Waals surface area (Å²) in [6.45, 7) is 6.58. The zero-order valence-corrected chi connectivity index (χ0v) is 9.14. The van der Waals surface area contributed by atoms with Crippen LogP contribution >= 0.6 is 11.6 Å². The maximum atomic E-state index is 6.10. The lowest BCUT2D eigenvalue weighted by Gasteiger charge is -2.31. The van der Waals surface area contributed by atoms with Gasteiger partial charge in [0.05, 0.1) is 16.6 Å². The van der Waals surface area contributed by atoms with E-state index in [-0.39, 0.29) is 11.6 Å². The summed E-state index contributed by atoms with van der Waals surface area (Å²) in [6, 6.07) is 0.258. The van der Waals surface area contributed by atoms with Crippen molar-refractivity contribution in [2.24, 2.45) is 5.92 Å². The summed E-state index contributed by atoms with van der Waals surface area (Å²) in [4.78, 5) is 5.51. The quantitative estimate of drug-likeness (QED) is 0.681. The van der Waals surface area contributed by atoms with Crippen molar-refractivity contribution in [2.75, 3.05) is 0 Å². The highest BCUT2D eigenvalue weighted by Gasteiger charge is 2.51. The summed E-state index contributed by atoms with van der Waals surface area (Å²) in [5, 5.41) is 2.91. The molecule has 1 fully saturated rings. The van der Waals surface area contributed by atoms with Crippen LogP contribution in [0.4, 0.5) is 0 Å². The number of halogens is 1. The van der Waals surface area contributed by atoms with E-state index in [9.17, 15) is 0 Å². The van der Waals surface area contributed by atoms with Crippen molar-refractivity contribution in [1.29, 1.82) is 0 Å². The first-order chi connectivity index (χ1) is 6.04. The Morgan fingerprint density at radius 2 is 2.23 bits per heavy atom. The highest BCUT2D eigenvalue weighted by Crippen LogP contribution is 2.47. The number of hydrogen-bond acceptors (Lipinski definition) is 2. The molecule has 0 amide bonds. The molecule has 1 aliphatic heterocycles. The second-order valence-corrected chi connectivity index (χ2v) is 5.06. The fourth-order valence-corrected chi connectivity index (χ4v) is 2.19. The van der Waals surface area contributed by atoms with Gasteiger partial charge in [0.2, 0.25) is 0 Å². The topological polar surface area (TPSA) is 12.5 Å². The molecule has 74 valence electrons. The predicted octanol–water partition coefficient (Wildman–Crippen LogP) is 2.89. The van der Waals surface area contributed by atoms with E-state index in [1.54, 1.807) is 6.26 Å². The van der Waals surface area contributed by atoms with Crippen molar-refractivity contribution in [1.82, 2.24) is 5.06 Å². The zero-order chi connectivity index (χ0) is 9.64. The molecule has 2 aliphatic rings. The van der Waals surface area contributed by atoms with Gasteiger partial charge in [-0.1, -0.05) is 25.4 Å². The van der Waals surface area contributed by atoms with Crippen LogP contribution in [0.3, 0.4) is 0 Å². The standard InChI is InChI=1S/C10H16ClNO/c1-7(2)9-8(11)6-13-12(9)10(3)4-5-10/h6-7,9H,4-5H2,1-3H3. The minimum Gasteiger partial charge on any atom is -0.411 e. The first kappa shape index (κ1) is 9.35. The second kappa shape index (κ2) is 2.89. The number of nitrogens with zero attached hydrogens (tertiary/aromatic N) is 1. The number of rotatable bonds is 2. The maximum Gasteiger partial charge on any atom is 0.127 e. The summed E-state index contributed by atoms with van der Waals surface area (Å²) >= 11 is 6.10. The summed E-state index contributed by atoms with van der Waals surface area (Å²) < 4.78 is 0. The Balaban J connectivity index is 2.14. The molecule has 1 unspecified atom stereocenters. The Bertz CT molecular complexity index is 245. The van der Waals surface area contributed by atoms with Gasteiger partial charge in [0, 0.05) is 0 Å². The van der Waals surface area contributed by atoms with Crippen LogP contribution in [0, 0.1) is 5.92 Å². The fraction of sp³-hybridized carbons (Fsp3) is 0.800.